The zero-order valence-electron chi connectivity index (χ0n) is 16.0. The standard InChI is InChI=1S/C20H24N4O2S/c1-13-11-16(23-19(26)20(2,3)4)27-17(13)18(25)21-9-8-14-12-24-10-6-5-7-15(24)22-14/h5-7,10-12H,8-9H2,1-4H3,(H,21,25)(H,23,26). The highest BCUT2D eigenvalue weighted by molar-refractivity contribution is 7.18. The number of nitrogens with zero attached hydrogens (tertiary/aromatic N) is 2. The van der Waals surface area contributed by atoms with Gasteiger partial charge in [-0.15, -0.1) is 11.3 Å². The number of imidazole rings is 1. The van der Waals surface area contributed by atoms with Crippen LogP contribution in [0.3, 0.4) is 0 Å². The molecule has 0 saturated heterocycles. The van der Waals surface area contributed by atoms with Gasteiger partial charge in [-0.3, -0.25) is 9.59 Å². The molecule has 7 heteroatoms. The van der Waals surface area contributed by atoms with Gasteiger partial charge in [-0.2, -0.15) is 0 Å². The Bertz CT molecular complexity index is 948. The average Bonchev–Trinajstić information content (AvgIpc) is 3.16. The van der Waals surface area contributed by atoms with Gasteiger partial charge >= 0.3 is 0 Å². The van der Waals surface area contributed by atoms with Crippen molar-refractivity contribution in [3.8, 4) is 0 Å². The van der Waals surface area contributed by atoms with E-state index in [9.17, 15) is 9.59 Å². The molecule has 2 N–H and O–H groups in total. The summed E-state index contributed by atoms with van der Waals surface area (Å²) in [5, 5.41) is 6.51. The van der Waals surface area contributed by atoms with E-state index in [1.165, 1.54) is 11.3 Å². The molecular formula is C20H24N4O2S. The molecule has 3 rings (SSSR count). The number of rotatable bonds is 5. The third-order valence-corrected chi connectivity index (χ3v) is 5.27. The monoisotopic (exact) mass is 384 g/mol. The van der Waals surface area contributed by atoms with Crippen molar-refractivity contribution in [2.75, 3.05) is 11.9 Å². The molecule has 0 aromatic carbocycles. The van der Waals surface area contributed by atoms with Crippen molar-refractivity contribution in [2.24, 2.45) is 5.41 Å². The number of carbonyl (C=O) groups excluding carboxylic acids is 2. The topological polar surface area (TPSA) is 75.5 Å². The zero-order valence-corrected chi connectivity index (χ0v) is 16.8. The van der Waals surface area contributed by atoms with E-state index in [2.05, 4.69) is 15.6 Å². The normalized spacial score (nSPS) is 11.6. The first-order valence-electron chi connectivity index (χ1n) is 8.87. The molecule has 142 valence electrons. The molecule has 0 unspecified atom stereocenters. The number of nitrogens with one attached hydrogen (secondary N) is 2. The third kappa shape index (κ3) is 4.54. The molecule has 6 nitrogen and oxygen atoms in total. The summed E-state index contributed by atoms with van der Waals surface area (Å²) < 4.78 is 1.96. The summed E-state index contributed by atoms with van der Waals surface area (Å²) in [6.45, 7) is 7.95. The maximum Gasteiger partial charge on any atom is 0.261 e. The van der Waals surface area contributed by atoms with Gasteiger partial charge in [0.25, 0.3) is 5.91 Å². The van der Waals surface area contributed by atoms with E-state index in [1.807, 2.05) is 68.8 Å². The van der Waals surface area contributed by atoms with Gasteiger partial charge in [-0.05, 0) is 30.7 Å². The zero-order chi connectivity index (χ0) is 19.6. The minimum atomic E-state index is -0.478. The highest BCUT2D eigenvalue weighted by Crippen LogP contribution is 2.28. The number of thiophene rings is 1. The number of amides is 2. The second-order valence-electron chi connectivity index (χ2n) is 7.53. The van der Waals surface area contributed by atoms with Crippen molar-refractivity contribution in [1.29, 1.82) is 0 Å². The number of hydrogen-bond donors (Lipinski definition) is 2. The third-order valence-electron chi connectivity index (χ3n) is 4.12. The number of carbonyl (C=O) groups is 2. The number of pyridine rings is 1. The Balaban J connectivity index is 1.58. The Morgan fingerprint density at radius 1 is 1.26 bits per heavy atom. The highest BCUT2D eigenvalue weighted by Gasteiger charge is 2.23. The molecule has 3 aromatic heterocycles. The van der Waals surface area contributed by atoms with Gasteiger partial charge in [0.15, 0.2) is 0 Å². The average molecular weight is 385 g/mol. The van der Waals surface area contributed by atoms with Crippen LogP contribution >= 0.6 is 11.3 Å². The molecular weight excluding hydrogens is 360 g/mol. The van der Waals surface area contributed by atoms with E-state index in [4.69, 9.17) is 0 Å². The summed E-state index contributed by atoms with van der Waals surface area (Å²) >= 11 is 1.30. The van der Waals surface area contributed by atoms with Crippen LogP contribution in [0.5, 0.6) is 0 Å². The van der Waals surface area contributed by atoms with Gasteiger partial charge in [0.1, 0.15) is 5.65 Å². The van der Waals surface area contributed by atoms with E-state index < -0.39 is 5.41 Å². The van der Waals surface area contributed by atoms with E-state index in [1.54, 1.807) is 0 Å². The quantitative estimate of drug-likeness (QED) is 0.705. The second kappa shape index (κ2) is 7.52. The lowest BCUT2D eigenvalue weighted by atomic mass is 9.96. The molecule has 0 radical (unpaired) electrons. The minimum absolute atomic E-state index is 0.0671. The first-order valence-corrected chi connectivity index (χ1v) is 9.68. The van der Waals surface area contributed by atoms with Gasteiger partial charge < -0.3 is 15.0 Å². The summed E-state index contributed by atoms with van der Waals surface area (Å²) in [6.07, 6.45) is 4.58. The molecule has 0 atom stereocenters. The molecule has 0 spiro atoms. The van der Waals surface area contributed by atoms with Gasteiger partial charge in [0.2, 0.25) is 5.91 Å². The Labute approximate surface area is 162 Å². The van der Waals surface area contributed by atoms with E-state index >= 15 is 0 Å². The van der Waals surface area contributed by atoms with Crippen molar-refractivity contribution >= 4 is 33.8 Å². The van der Waals surface area contributed by atoms with Gasteiger partial charge in [-0.1, -0.05) is 26.8 Å². The van der Waals surface area contributed by atoms with E-state index in [0.717, 1.165) is 16.9 Å². The lowest BCUT2D eigenvalue weighted by molar-refractivity contribution is -0.123. The minimum Gasteiger partial charge on any atom is -0.351 e. The van der Waals surface area contributed by atoms with Crippen molar-refractivity contribution in [1.82, 2.24) is 14.7 Å². The van der Waals surface area contributed by atoms with Crippen LogP contribution in [-0.2, 0) is 11.2 Å². The molecule has 0 aliphatic rings. The molecule has 0 bridgehead atoms. The Morgan fingerprint density at radius 3 is 2.74 bits per heavy atom. The first-order chi connectivity index (χ1) is 12.7. The summed E-state index contributed by atoms with van der Waals surface area (Å²) in [7, 11) is 0. The van der Waals surface area contributed by atoms with Crippen LogP contribution < -0.4 is 10.6 Å². The van der Waals surface area contributed by atoms with Gasteiger partial charge in [0.05, 0.1) is 15.6 Å². The van der Waals surface area contributed by atoms with Crippen molar-refractivity contribution < 1.29 is 9.59 Å². The fourth-order valence-corrected chi connectivity index (χ4v) is 3.54. The number of aromatic nitrogens is 2. The van der Waals surface area contributed by atoms with E-state index in [-0.39, 0.29) is 11.8 Å². The molecule has 0 fully saturated rings. The lowest BCUT2D eigenvalue weighted by Gasteiger charge is -2.16. The lowest BCUT2D eigenvalue weighted by Crippen LogP contribution is -2.27. The summed E-state index contributed by atoms with van der Waals surface area (Å²) in [4.78, 5) is 29.7. The predicted molar refractivity (Wildman–Crippen MR) is 108 cm³/mol. The van der Waals surface area contributed by atoms with Gasteiger partial charge in [-0.25, -0.2) is 4.98 Å². The molecule has 0 saturated carbocycles. The second-order valence-corrected chi connectivity index (χ2v) is 8.58. The van der Waals surface area contributed by atoms with Crippen LogP contribution in [0, 0.1) is 12.3 Å². The molecule has 3 heterocycles. The fourth-order valence-electron chi connectivity index (χ4n) is 2.56. The molecule has 27 heavy (non-hydrogen) atoms. The predicted octanol–water partition coefficient (Wildman–Crippen LogP) is 3.66. The van der Waals surface area contributed by atoms with Crippen LogP contribution in [0.2, 0.25) is 0 Å². The number of hydrogen-bond acceptors (Lipinski definition) is 4. The smallest absolute Gasteiger partial charge is 0.261 e. The SMILES string of the molecule is Cc1cc(NC(=O)C(C)(C)C)sc1C(=O)NCCc1cn2ccccc2n1. The number of aryl methyl sites for hydroxylation is 1. The maximum absolute atomic E-state index is 12.5. The van der Waals surface area contributed by atoms with Crippen molar-refractivity contribution in [3.63, 3.8) is 0 Å². The summed E-state index contributed by atoms with van der Waals surface area (Å²) in [6, 6.07) is 7.69. The van der Waals surface area contributed by atoms with Gasteiger partial charge in [0, 0.05) is 30.8 Å². The summed E-state index contributed by atoms with van der Waals surface area (Å²) in [5.74, 6) is -0.194. The van der Waals surface area contributed by atoms with Crippen LogP contribution in [-0.4, -0.2) is 27.7 Å². The van der Waals surface area contributed by atoms with Crippen molar-refractivity contribution in [3.05, 3.63) is 52.8 Å². The highest BCUT2D eigenvalue weighted by atomic mass is 32.1. The van der Waals surface area contributed by atoms with Crippen LogP contribution in [0.1, 0.15) is 41.7 Å². The van der Waals surface area contributed by atoms with Crippen LogP contribution in [0.4, 0.5) is 5.00 Å². The molecule has 2 amide bonds. The number of fused-ring (bicyclic) bond motifs is 1. The Morgan fingerprint density at radius 2 is 2.04 bits per heavy atom. The Kier molecular flexibility index (Phi) is 5.32. The molecule has 3 aromatic rings. The molecule has 0 aliphatic heterocycles. The molecule has 0 aliphatic carbocycles. The number of anilines is 1. The van der Waals surface area contributed by atoms with Crippen LogP contribution in [0.25, 0.3) is 5.65 Å². The van der Waals surface area contributed by atoms with E-state index in [0.29, 0.717) is 22.8 Å². The fraction of sp³-hybridized carbons (Fsp3) is 0.350. The van der Waals surface area contributed by atoms with Crippen molar-refractivity contribution in [2.45, 2.75) is 34.1 Å². The summed E-state index contributed by atoms with van der Waals surface area (Å²) in [5.41, 5.74) is 2.21. The first kappa shape index (κ1) is 19.1. The Hall–Kier alpha value is -2.67. The maximum atomic E-state index is 12.5. The largest absolute Gasteiger partial charge is 0.351 e. The van der Waals surface area contributed by atoms with Crippen LogP contribution in [0.15, 0.2) is 36.7 Å².